The lowest BCUT2D eigenvalue weighted by Crippen LogP contribution is -2.47. The van der Waals surface area contributed by atoms with Crippen LogP contribution in [0.1, 0.15) is 26.3 Å². The molecule has 0 spiro atoms. The summed E-state index contributed by atoms with van der Waals surface area (Å²) < 4.78 is 5.05. The summed E-state index contributed by atoms with van der Waals surface area (Å²) in [5, 5.41) is 13.1. The van der Waals surface area contributed by atoms with Crippen LogP contribution in [0.4, 0.5) is 10.5 Å². The minimum absolute atomic E-state index is 0.0380. The highest BCUT2D eigenvalue weighted by Crippen LogP contribution is 2.15. The van der Waals surface area contributed by atoms with Crippen molar-refractivity contribution in [2.24, 2.45) is 5.73 Å². The normalized spacial score (nSPS) is 12.3. The van der Waals surface area contributed by atoms with E-state index >= 15 is 0 Å². The van der Waals surface area contributed by atoms with E-state index in [-0.39, 0.29) is 12.1 Å². The molecule has 0 radical (unpaired) electrons. The van der Waals surface area contributed by atoms with Gasteiger partial charge in [0.25, 0.3) is 5.69 Å². The van der Waals surface area contributed by atoms with Gasteiger partial charge in [0.15, 0.2) is 0 Å². The quantitative estimate of drug-likeness (QED) is 0.630. The number of nitrogens with one attached hydrogen (secondary N) is 1. The van der Waals surface area contributed by atoms with Crippen LogP contribution in [0.5, 0.6) is 0 Å². The number of nitrogens with two attached hydrogens (primary N) is 1. The molecule has 0 bridgehead atoms. The molecule has 1 aromatic rings. The minimum Gasteiger partial charge on any atom is -0.444 e. The summed E-state index contributed by atoms with van der Waals surface area (Å²) >= 11 is 0. The van der Waals surface area contributed by atoms with Crippen LogP contribution in [0.15, 0.2) is 24.3 Å². The topological polar surface area (TPSA) is 125 Å². The average Bonchev–Trinajstić information content (AvgIpc) is 2.35. The van der Waals surface area contributed by atoms with Crippen molar-refractivity contribution in [2.45, 2.75) is 38.8 Å². The zero-order chi connectivity index (χ0) is 16.9. The van der Waals surface area contributed by atoms with Gasteiger partial charge in [0.2, 0.25) is 5.91 Å². The van der Waals surface area contributed by atoms with E-state index in [2.05, 4.69) is 5.32 Å². The lowest BCUT2D eigenvalue weighted by Gasteiger charge is -2.22. The summed E-state index contributed by atoms with van der Waals surface area (Å²) in [6.45, 7) is 5.06. The molecule has 0 aromatic heterocycles. The Morgan fingerprint density at radius 1 is 1.41 bits per heavy atom. The Morgan fingerprint density at radius 3 is 2.55 bits per heavy atom. The van der Waals surface area contributed by atoms with E-state index in [1.54, 1.807) is 26.8 Å². The van der Waals surface area contributed by atoms with E-state index in [9.17, 15) is 19.7 Å². The standard InChI is InChI=1S/C14H19N3O5/c1-14(2,3)22-13(19)16-11(12(15)18)8-9-5-4-6-10(7-9)17(20)21/h4-7,11H,8H2,1-3H3,(H2,15,18)(H,16,19). The summed E-state index contributed by atoms with van der Waals surface area (Å²) in [4.78, 5) is 33.3. The van der Waals surface area contributed by atoms with Crippen LogP contribution in [0.3, 0.4) is 0 Å². The summed E-state index contributed by atoms with van der Waals surface area (Å²) in [5.74, 6) is -0.752. The number of ether oxygens (including phenoxy) is 1. The van der Waals surface area contributed by atoms with Gasteiger partial charge in [-0.2, -0.15) is 0 Å². The lowest BCUT2D eigenvalue weighted by atomic mass is 10.0. The number of nitro benzene ring substituents is 1. The van der Waals surface area contributed by atoms with Crippen molar-refractivity contribution in [1.29, 1.82) is 0 Å². The highest BCUT2D eigenvalue weighted by Gasteiger charge is 2.23. The molecule has 8 heteroatoms. The van der Waals surface area contributed by atoms with Gasteiger partial charge in [-0.3, -0.25) is 14.9 Å². The molecule has 1 atom stereocenters. The van der Waals surface area contributed by atoms with Crippen molar-refractivity contribution in [3.8, 4) is 0 Å². The van der Waals surface area contributed by atoms with Crippen molar-refractivity contribution in [3.63, 3.8) is 0 Å². The van der Waals surface area contributed by atoms with E-state index in [4.69, 9.17) is 10.5 Å². The molecule has 0 heterocycles. The Bertz CT molecular complexity index is 580. The molecule has 0 saturated heterocycles. The van der Waals surface area contributed by atoms with Gasteiger partial charge in [-0.25, -0.2) is 4.79 Å². The van der Waals surface area contributed by atoms with Gasteiger partial charge in [-0.15, -0.1) is 0 Å². The number of non-ortho nitro benzene ring substituents is 1. The van der Waals surface area contributed by atoms with Crippen molar-refractivity contribution in [2.75, 3.05) is 0 Å². The van der Waals surface area contributed by atoms with E-state index in [0.29, 0.717) is 5.56 Å². The van der Waals surface area contributed by atoms with Crippen LogP contribution in [0.2, 0.25) is 0 Å². The predicted molar refractivity (Wildman–Crippen MR) is 79.2 cm³/mol. The Hall–Kier alpha value is -2.64. The first-order valence-corrected chi connectivity index (χ1v) is 6.60. The maximum atomic E-state index is 11.7. The molecule has 2 amide bonds. The fourth-order valence-electron chi connectivity index (χ4n) is 1.71. The number of benzene rings is 1. The first kappa shape index (κ1) is 17.4. The number of carbonyl (C=O) groups is 2. The molecule has 0 aliphatic heterocycles. The molecule has 0 saturated carbocycles. The third-order valence-corrected chi connectivity index (χ3v) is 2.60. The zero-order valence-corrected chi connectivity index (χ0v) is 12.7. The molecule has 1 rings (SSSR count). The molecule has 0 aliphatic rings. The Kier molecular flexibility index (Phi) is 5.44. The largest absolute Gasteiger partial charge is 0.444 e. The maximum absolute atomic E-state index is 11.7. The number of rotatable bonds is 5. The van der Waals surface area contributed by atoms with Crippen molar-refractivity contribution in [3.05, 3.63) is 39.9 Å². The van der Waals surface area contributed by atoms with Gasteiger partial charge < -0.3 is 15.8 Å². The number of hydrogen-bond donors (Lipinski definition) is 2. The Morgan fingerprint density at radius 2 is 2.05 bits per heavy atom. The molecule has 0 fully saturated rings. The van der Waals surface area contributed by atoms with Crippen LogP contribution in [-0.4, -0.2) is 28.6 Å². The fraction of sp³-hybridized carbons (Fsp3) is 0.429. The van der Waals surface area contributed by atoms with Crippen LogP contribution < -0.4 is 11.1 Å². The third kappa shape index (κ3) is 5.78. The molecule has 22 heavy (non-hydrogen) atoms. The average molecular weight is 309 g/mol. The van der Waals surface area contributed by atoms with Crippen molar-refractivity contribution in [1.82, 2.24) is 5.32 Å². The van der Waals surface area contributed by atoms with Gasteiger partial charge >= 0.3 is 6.09 Å². The molecule has 8 nitrogen and oxygen atoms in total. The van der Waals surface area contributed by atoms with Crippen molar-refractivity contribution < 1.29 is 19.2 Å². The van der Waals surface area contributed by atoms with E-state index in [1.807, 2.05) is 0 Å². The summed E-state index contributed by atoms with van der Waals surface area (Å²) in [6.07, 6.45) is -0.738. The number of carbonyl (C=O) groups excluding carboxylic acids is 2. The monoisotopic (exact) mass is 309 g/mol. The molecule has 1 unspecified atom stereocenters. The van der Waals surface area contributed by atoms with Gasteiger partial charge in [0.05, 0.1) is 4.92 Å². The number of amides is 2. The Labute approximate surface area is 127 Å². The van der Waals surface area contributed by atoms with Crippen LogP contribution in [-0.2, 0) is 16.0 Å². The first-order chi connectivity index (χ1) is 10.1. The molecule has 0 aliphatic carbocycles. The maximum Gasteiger partial charge on any atom is 0.408 e. The second kappa shape index (κ2) is 6.88. The molecule has 120 valence electrons. The number of nitrogens with zero attached hydrogens (tertiary/aromatic N) is 1. The van der Waals surface area contributed by atoms with Crippen LogP contribution >= 0.6 is 0 Å². The molecular weight excluding hydrogens is 290 g/mol. The van der Waals surface area contributed by atoms with Crippen LogP contribution in [0, 0.1) is 10.1 Å². The highest BCUT2D eigenvalue weighted by molar-refractivity contribution is 5.84. The lowest BCUT2D eigenvalue weighted by molar-refractivity contribution is -0.384. The number of primary amides is 1. The van der Waals surface area contributed by atoms with E-state index in [1.165, 1.54) is 18.2 Å². The number of nitro groups is 1. The minimum atomic E-state index is -1.02. The van der Waals surface area contributed by atoms with E-state index in [0.717, 1.165) is 0 Å². The molecule has 3 N–H and O–H groups in total. The molecule has 1 aromatic carbocycles. The van der Waals surface area contributed by atoms with Crippen molar-refractivity contribution >= 4 is 17.7 Å². The van der Waals surface area contributed by atoms with Crippen LogP contribution in [0.25, 0.3) is 0 Å². The highest BCUT2D eigenvalue weighted by atomic mass is 16.6. The zero-order valence-electron chi connectivity index (χ0n) is 12.7. The van der Waals surface area contributed by atoms with Gasteiger partial charge in [-0.1, -0.05) is 12.1 Å². The van der Waals surface area contributed by atoms with Gasteiger partial charge in [-0.05, 0) is 26.3 Å². The number of alkyl carbamates (subject to hydrolysis) is 1. The third-order valence-electron chi connectivity index (χ3n) is 2.60. The summed E-state index contributed by atoms with van der Waals surface area (Å²) in [7, 11) is 0. The summed E-state index contributed by atoms with van der Waals surface area (Å²) in [6, 6.07) is 4.76. The summed E-state index contributed by atoms with van der Waals surface area (Å²) in [5.41, 5.74) is 4.95. The molecular formula is C14H19N3O5. The number of hydrogen-bond acceptors (Lipinski definition) is 5. The second-order valence-corrected chi connectivity index (χ2v) is 5.73. The van der Waals surface area contributed by atoms with E-state index < -0.39 is 28.6 Å². The van der Waals surface area contributed by atoms with Gasteiger partial charge in [0.1, 0.15) is 11.6 Å². The fourth-order valence-corrected chi connectivity index (χ4v) is 1.71. The first-order valence-electron chi connectivity index (χ1n) is 6.60. The smallest absolute Gasteiger partial charge is 0.408 e. The second-order valence-electron chi connectivity index (χ2n) is 5.73. The Balaban J connectivity index is 2.81. The predicted octanol–water partition coefficient (Wildman–Crippen LogP) is 1.52. The SMILES string of the molecule is CC(C)(C)OC(=O)NC(Cc1cccc([N+](=O)[O-])c1)C(N)=O. The van der Waals surface area contributed by atoms with Gasteiger partial charge in [0, 0.05) is 18.6 Å².